The van der Waals surface area contributed by atoms with Crippen LogP contribution in [0.15, 0.2) is 209 Å². The van der Waals surface area contributed by atoms with E-state index in [4.69, 9.17) is 18.8 Å². The van der Waals surface area contributed by atoms with Crippen molar-refractivity contribution in [1.82, 2.24) is 24.1 Å². The molecule has 0 amide bonds. The summed E-state index contributed by atoms with van der Waals surface area (Å²) in [5, 5.41) is 11.1. The van der Waals surface area contributed by atoms with Crippen LogP contribution in [0.1, 0.15) is 11.3 Å². The molecule has 312 valence electrons. The second kappa shape index (κ2) is 14.7. The predicted octanol–water partition coefficient (Wildman–Crippen LogP) is 10.8. The molecule has 0 bridgehead atoms. The molecule has 0 aliphatic rings. The van der Waals surface area contributed by atoms with Gasteiger partial charge >= 0.3 is 0 Å². The van der Waals surface area contributed by atoms with E-state index in [1.807, 2.05) is 37.1 Å². The highest BCUT2D eigenvalue weighted by molar-refractivity contribution is 7.20. The van der Waals surface area contributed by atoms with Crippen molar-refractivity contribution in [3.63, 3.8) is 0 Å². The SMILES string of the molecule is C=Cc1c(/C=N\C)c2ccccc2n1-c1cccc2c1oc1c([Si](c3ccccc3)(c3ccccc3)c3nccc4c3oc3c(-n5c6ccccc6c6cnccc65)cccc34)nccc12. The van der Waals surface area contributed by atoms with Gasteiger partial charge in [-0.2, -0.15) is 0 Å². The van der Waals surface area contributed by atoms with E-state index >= 15 is 0 Å². The Bertz CT molecular complexity index is 4010. The van der Waals surface area contributed by atoms with Crippen LogP contribution in [0.3, 0.4) is 0 Å². The second-order valence-electron chi connectivity index (χ2n) is 16.6. The van der Waals surface area contributed by atoms with Gasteiger partial charge in [-0.15, -0.1) is 0 Å². The number of rotatable bonds is 8. The number of aliphatic imine (C=N–C) groups is 1. The van der Waals surface area contributed by atoms with Gasteiger partial charge in [-0.25, -0.2) is 0 Å². The van der Waals surface area contributed by atoms with E-state index in [9.17, 15) is 0 Å². The molecule has 0 saturated heterocycles. The van der Waals surface area contributed by atoms with Crippen LogP contribution in [0.4, 0.5) is 0 Å². The number of aromatic nitrogens is 5. The fraction of sp³-hybridized carbons (Fsp3) is 0.0175. The van der Waals surface area contributed by atoms with Crippen LogP contribution in [0, 0.1) is 0 Å². The molecule has 13 aromatic rings. The topological polar surface area (TPSA) is 87.2 Å². The van der Waals surface area contributed by atoms with E-state index in [1.165, 1.54) is 0 Å². The Balaban J connectivity index is 1.15. The zero-order valence-corrected chi connectivity index (χ0v) is 36.8. The van der Waals surface area contributed by atoms with Gasteiger partial charge in [0, 0.05) is 81.3 Å². The maximum Gasteiger partial charge on any atom is 0.233 e. The molecule has 8 nitrogen and oxygen atoms in total. The highest BCUT2D eigenvalue weighted by Crippen LogP contribution is 2.40. The van der Waals surface area contributed by atoms with Gasteiger partial charge in [0.2, 0.25) is 8.07 Å². The lowest BCUT2D eigenvalue weighted by molar-refractivity contribution is 0.666. The molecule has 66 heavy (non-hydrogen) atoms. The van der Waals surface area contributed by atoms with Gasteiger partial charge in [-0.05, 0) is 58.9 Å². The molecule has 0 saturated carbocycles. The molecular formula is C57H38N6O2Si. The van der Waals surface area contributed by atoms with E-state index in [-0.39, 0.29) is 0 Å². The number of nitrogens with zero attached hydrogens (tertiary/aromatic N) is 6. The van der Waals surface area contributed by atoms with Gasteiger partial charge in [0.1, 0.15) is 0 Å². The van der Waals surface area contributed by atoms with Gasteiger partial charge in [0.25, 0.3) is 0 Å². The Labute approximate surface area is 379 Å². The lowest BCUT2D eigenvalue weighted by Gasteiger charge is -2.31. The minimum Gasteiger partial charge on any atom is -0.452 e. The average molecular weight is 867 g/mol. The second-order valence-corrected chi connectivity index (χ2v) is 20.2. The lowest BCUT2D eigenvalue weighted by Crippen LogP contribution is -2.76. The van der Waals surface area contributed by atoms with Gasteiger partial charge in [-0.1, -0.05) is 128 Å². The van der Waals surface area contributed by atoms with Crippen LogP contribution >= 0.6 is 0 Å². The van der Waals surface area contributed by atoms with Crippen LogP contribution in [0.2, 0.25) is 0 Å². The van der Waals surface area contributed by atoms with E-state index in [1.54, 1.807) is 7.05 Å². The minimum atomic E-state index is -3.56. The molecule has 0 aliphatic carbocycles. The number of fused-ring (bicyclic) bond motifs is 10. The number of hydrogen-bond donors (Lipinski definition) is 0. The summed E-state index contributed by atoms with van der Waals surface area (Å²) in [6, 6.07) is 57.3. The quantitative estimate of drug-likeness (QED) is 0.112. The molecule has 13 rings (SSSR count). The first-order chi connectivity index (χ1) is 32.7. The molecule has 0 unspecified atom stereocenters. The largest absolute Gasteiger partial charge is 0.452 e. The third-order valence-corrected chi connectivity index (χ3v) is 17.8. The Morgan fingerprint density at radius 1 is 0.485 bits per heavy atom. The zero-order chi connectivity index (χ0) is 43.9. The molecule has 0 N–H and O–H groups in total. The zero-order valence-electron chi connectivity index (χ0n) is 35.8. The first kappa shape index (κ1) is 37.9. The highest BCUT2D eigenvalue weighted by atomic mass is 28.3. The monoisotopic (exact) mass is 866 g/mol. The van der Waals surface area contributed by atoms with Crippen LogP contribution in [-0.4, -0.2) is 45.4 Å². The van der Waals surface area contributed by atoms with Gasteiger partial charge < -0.3 is 18.0 Å². The number of furan rings is 2. The van der Waals surface area contributed by atoms with Crippen molar-refractivity contribution in [2.75, 3.05) is 7.05 Å². The van der Waals surface area contributed by atoms with Crippen LogP contribution in [0.5, 0.6) is 0 Å². The van der Waals surface area contributed by atoms with Crippen molar-refractivity contribution in [3.8, 4) is 11.4 Å². The Kier molecular flexibility index (Phi) is 8.43. The van der Waals surface area contributed by atoms with E-state index in [2.05, 4.69) is 189 Å². The minimum absolute atomic E-state index is 0.709. The van der Waals surface area contributed by atoms with Gasteiger partial charge in [-0.3, -0.25) is 19.9 Å². The molecular weight excluding hydrogens is 829 g/mol. The van der Waals surface area contributed by atoms with Crippen molar-refractivity contribution >= 4 is 118 Å². The molecule has 0 aliphatic heterocycles. The Morgan fingerprint density at radius 3 is 1.58 bits per heavy atom. The molecule has 0 spiro atoms. The third kappa shape index (κ3) is 5.20. The molecule has 9 heteroatoms. The highest BCUT2D eigenvalue weighted by Gasteiger charge is 2.49. The summed E-state index contributed by atoms with van der Waals surface area (Å²) in [6.45, 7) is 4.27. The molecule has 6 aromatic carbocycles. The summed E-state index contributed by atoms with van der Waals surface area (Å²) in [4.78, 5) is 19.8. The Hall–Kier alpha value is -8.66. The number of para-hydroxylation sites is 4. The molecule has 7 heterocycles. The molecule has 0 radical (unpaired) electrons. The van der Waals surface area contributed by atoms with Crippen LogP contribution < -0.4 is 21.0 Å². The number of benzene rings is 6. The smallest absolute Gasteiger partial charge is 0.233 e. The van der Waals surface area contributed by atoms with Gasteiger partial charge in [0.05, 0.1) is 44.3 Å². The summed E-state index contributed by atoms with van der Waals surface area (Å²) < 4.78 is 19.3. The molecule has 0 atom stereocenters. The summed E-state index contributed by atoms with van der Waals surface area (Å²) in [5.41, 5.74) is 9.88. The maximum atomic E-state index is 7.40. The van der Waals surface area contributed by atoms with Gasteiger partial charge in [0.15, 0.2) is 22.3 Å². The van der Waals surface area contributed by atoms with Crippen molar-refractivity contribution < 1.29 is 8.83 Å². The normalized spacial score (nSPS) is 12.3. The fourth-order valence-electron chi connectivity index (χ4n) is 10.6. The third-order valence-electron chi connectivity index (χ3n) is 13.3. The number of hydrogen-bond acceptors (Lipinski definition) is 6. The molecule has 7 aromatic heterocycles. The van der Waals surface area contributed by atoms with Crippen molar-refractivity contribution in [1.29, 1.82) is 0 Å². The molecule has 0 fully saturated rings. The Morgan fingerprint density at radius 2 is 0.985 bits per heavy atom. The summed E-state index contributed by atoms with van der Waals surface area (Å²) >= 11 is 0. The van der Waals surface area contributed by atoms with E-state index in [0.717, 1.165) is 115 Å². The number of pyridine rings is 3. The van der Waals surface area contributed by atoms with Crippen molar-refractivity contribution in [3.05, 3.63) is 206 Å². The van der Waals surface area contributed by atoms with Crippen molar-refractivity contribution in [2.45, 2.75) is 0 Å². The predicted molar refractivity (Wildman–Crippen MR) is 273 cm³/mol. The lowest BCUT2D eigenvalue weighted by atomic mass is 10.1. The first-order valence-corrected chi connectivity index (χ1v) is 23.9. The van der Waals surface area contributed by atoms with Crippen LogP contribution in [0.25, 0.3) is 94.0 Å². The summed E-state index contributed by atoms with van der Waals surface area (Å²) in [5.74, 6) is 0. The standard InChI is InChI=1S/C57H38N6O2Si/c1-3-46-44(34-58-2)38-20-10-12-24-47(38)62(46)50-26-14-22-40-42-28-32-60-56(54(42)64-52(40)50)66(36-16-6-4-7-17-36,37-18-8-5-9-19-37)57-55-43(29-33-61-57)41-23-15-27-51(53(41)65-55)63-48-25-13-11-21-39(48)45-35-59-31-30-49(45)63/h3-35H,1H2,2H3/b58-34-. The first-order valence-electron chi connectivity index (χ1n) is 21.9. The fourth-order valence-corrected chi connectivity index (χ4v) is 15.2. The van der Waals surface area contributed by atoms with Crippen molar-refractivity contribution in [2.24, 2.45) is 4.99 Å². The van der Waals surface area contributed by atoms with E-state index in [0.29, 0.717) is 5.58 Å². The summed E-state index contributed by atoms with van der Waals surface area (Å²) in [6.07, 6.45) is 11.5. The average Bonchev–Trinajstić information content (AvgIpc) is 4.14. The maximum absolute atomic E-state index is 7.40. The van der Waals surface area contributed by atoms with E-state index < -0.39 is 8.07 Å². The summed E-state index contributed by atoms with van der Waals surface area (Å²) in [7, 11) is -1.76. The van der Waals surface area contributed by atoms with Crippen LogP contribution in [-0.2, 0) is 0 Å².